The molecule has 1 heterocycles. The zero-order valence-corrected chi connectivity index (χ0v) is 10.7. The van der Waals surface area contributed by atoms with Crippen molar-refractivity contribution in [3.05, 3.63) is 12.7 Å². The second kappa shape index (κ2) is 7.82. The minimum atomic E-state index is 0.794. The molecule has 0 aliphatic heterocycles. The Morgan fingerprint density at radius 1 is 1.33 bits per heavy atom. The van der Waals surface area contributed by atoms with Crippen LogP contribution in [-0.2, 0) is 0 Å². The molecule has 0 N–H and O–H groups in total. The Hall–Kier alpha value is -0.420. The summed E-state index contributed by atoms with van der Waals surface area (Å²) in [6, 6.07) is 0. The zero-order chi connectivity index (χ0) is 10.9. The summed E-state index contributed by atoms with van der Waals surface area (Å²) >= 11 is 6.88. The molecule has 0 aliphatic carbocycles. The van der Waals surface area contributed by atoms with Gasteiger partial charge in [-0.25, -0.2) is 9.67 Å². The number of unbranched alkanes of at least 4 members (excludes halogenated alkanes) is 4. The molecule has 0 saturated heterocycles. The SMILES string of the molecule is CCCCCCCSC(=S)n1cncn1. The number of nitrogens with zero attached hydrogens (tertiary/aromatic N) is 3. The van der Waals surface area contributed by atoms with Crippen LogP contribution < -0.4 is 0 Å². The van der Waals surface area contributed by atoms with Gasteiger partial charge in [0.25, 0.3) is 0 Å². The van der Waals surface area contributed by atoms with Crippen LogP contribution in [-0.4, -0.2) is 24.8 Å². The van der Waals surface area contributed by atoms with Gasteiger partial charge in [-0.15, -0.1) is 0 Å². The summed E-state index contributed by atoms with van der Waals surface area (Å²) in [6.07, 6.45) is 9.68. The molecule has 0 saturated carbocycles. The summed E-state index contributed by atoms with van der Waals surface area (Å²) in [5, 5.41) is 3.99. The van der Waals surface area contributed by atoms with Crippen molar-refractivity contribution in [3.8, 4) is 0 Å². The zero-order valence-electron chi connectivity index (χ0n) is 9.06. The maximum Gasteiger partial charge on any atom is 0.163 e. The molecule has 0 bridgehead atoms. The monoisotopic (exact) mass is 243 g/mol. The maximum absolute atomic E-state index is 5.20. The Kier molecular flexibility index (Phi) is 6.59. The van der Waals surface area contributed by atoms with E-state index in [0.717, 1.165) is 10.1 Å². The second-order valence-electron chi connectivity index (χ2n) is 3.37. The predicted molar refractivity (Wildman–Crippen MR) is 69.2 cm³/mol. The topological polar surface area (TPSA) is 30.7 Å². The lowest BCUT2D eigenvalue weighted by Gasteiger charge is -2.02. The van der Waals surface area contributed by atoms with E-state index in [1.54, 1.807) is 22.8 Å². The van der Waals surface area contributed by atoms with Gasteiger partial charge in [0.1, 0.15) is 12.7 Å². The first-order valence-electron chi connectivity index (χ1n) is 5.36. The quantitative estimate of drug-likeness (QED) is 0.567. The first kappa shape index (κ1) is 12.6. The lowest BCUT2D eigenvalue weighted by Crippen LogP contribution is -2.05. The van der Waals surface area contributed by atoms with E-state index in [9.17, 15) is 0 Å². The summed E-state index contributed by atoms with van der Waals surface area (Å²) in [5.74, 6) is 1.09. The van der Waals surface area contributed by atoms with Crippen molar-refractivity contribution < 1.29 is 0 Å². The highest BCUT2D eigenvalue weighted by molar-refractivity contribution is 8.23. The average Bonchev–Trinajstić information content (AvgIpc) is 2.76. The molecular formula is C10H17N3S2. The van der Waals surface area contributed by atoms with Crippen molar-refractivity contribution in [1.82, 2.24) is 14.8 Å². The molecule has 0 unspecified atom stereocenters. The van der Waals surface area contributed by atoms with Gasteiger partial charge in [-0.1, -0.05) is 56.6 Å². The Morgan fingerprint density at radius 2 is 2.13 bits per heavy atom. The van der Waals surface area contributed by atoms with Crippen LogP contribution >= 0.6 is 24.0 Å². The van der Waals surface area contributed by atoms with Crippen molar-refractivity contribution in [2.45, 2.75) is 39.0 Å². The second-order valence-corrected chi connectivity index (χ2v) is 5.10. The van der Waals surface area contributed by atoms with Crippen molar-refractivity contribution in [1.29, 1.82) is 0 Å². The Bertz CT molecular complexity index is 272. The molecule has 0 fully saturated rings. The first-order chi connectivity index (χ1) is 7.34. The summed E-state index contributed by atoms with van der Waals surface area (Å²) in [6.45, 7) is 2.23. The van der Waals surface area contributed by atoms with Crippen LogP contribution in [0.2, 0.25) is 0 Å². The van der Waals surface area contributed by atoms with Gasteiger partial charge >= 0.3 is 0 Å². The maximum atomic E-state index is 5.20. The Labute approximate surface area is 101 Å². The van der Waals surface area contributed by atoms with E-state index in [4.69, 9.17) is 12.2 Å². The first-order valence-corrected chi connectivity index (χ1v) is 6.75. The Morgan fingerprint density at radius 3 is 2.80 bits per heavy atom. The lowest BCUT2D eigenvalue weighted by molar-refractivity contribution is 0.659. The van der Waals surface area contributed by atoms with Gasteiger partial charge in [-0.2, -0.15) is 5.10 Å². The number of hydrogen-bond donors (Lipinski definition) is 0. The molecule has 3 nitrogen and oxygen atoms in total. The highest BCUT2D eigenvalue weighted by Crippen LogP contribution is 2.11. The van der Waals surface area contributed by atoms with Crippen molar-refractivity contribution in [2.24, 2.45) is 0 Å². The standard InChI is InChI=1S/C10H17N3S2/c1-2-3-4-5-6-7-15-10(14)13-9-11-8-12-13/h8-9H,2-7H2,1H3. The number of thiocarbonyl (C=S) groups is 1. The molecule has 1 aromatic heterocycles. The van der Waals surface area contributed by atoms with E-state index in [1.807, 2.05) is 0 Å². The van der Waals surface area contributed by atoms with E-state index in [2.05, 4.69) is 17.0 Å². The van der Waals surface area contributed by atoms with E-state index in [1.165, 1.54) is 38.4 Å². The van der Waals surface area contributed by atoms with Crippen LogP contribution in [0.25, 0.3) is 0 Å². The smallest absolute Gasteiger partial charge is 0.163 e. The lowest BCUT2D eigenvalue weighted by atomic mass is 10.2. The average molecular weight is 243 g/mol. The number of aromatic nitrogens is 3. The third-order valence-corrected chi connectivity index (χ3v) is 3.55. The summed E-state index contributed by atoms with van der Waals surface area (Å²) in [4.78, 5) is 3.86. The number of thioether (sulfide) groups is 1. The third kappa shape index (κ3) is 5.28. The van der Waals surface area contributed by atoms with Crippen LogP contribution in [0.4, 0.5) is 0 Å². The summed E-state index contributed by atoms with van der Waals surface area (Å²) in [5.41, 5.74) is 0. The van der Waals surface area contributed by atoms with Gasteiger partial charge in [0.15, 0.2) is 4.32 Å². The number of rotatable bonds is 6. The fourth-order valence-corrected chi connectivity index (χ4v) is 2.33. The van der Waals surface area contributed by atoms with Gasteiger partial charge in [-0.3, -0.25) is 0 Å². The Balaban J connectivity index is 2.03. The van der Waals surface area contributed by atoms with Gasteiger partial charge in [-0.05, 0) is 6.42 Å². The highest BCUT2D eigenvalue weighted by Gasteiger charge is 2.00. The number of hydrogen-bond acceptors (Lipinski definition) is 4. The minimum Gasteiger partial charge on any atom is -0.223 e. The molecule has 1 aromatic rings. The minimum absolute atomic E-state index is 0.794. The van der Waals surface area contributed by atoms with Crippen LogP contribution in [0.3, 0.4) is 0 Å². The van der Waals surface area contributed by atoms with E-state index in [-0.39, 0.29) is 0 Å². The van der Waals surface area contributed by atoms with Gasteiger partial charge in [0.2, 0.25) is 0 Å². The molecule has 0 aromatic carbocycles. The van der Waals surface area contributed by atoms with Crippen LogP contribution in [0, 0.1) is 0 Å². The van der Waals surface area contributed by atoms with Gasteiger partial charge in [0.05, 0.1) is 0 Å². The van der Waals surface area contributed by atoms with E-state index < -0.39 is 0 Å². The molecule has 84 valence electrons. The molecule has 0 aliphatic rings. The fourth-order valence-electron chi connectivity index (χ4n) is 1.23. The summed E-state index contributed by atoms with van der Waals surface area (Å²) in [7, 11) is 0. The van der Waals surface area contributed by atoms with Crippen molar-refractivity contribution in [2.75, 3.05) is 5.75 Å². The highest BCUT2D eigenvalue weighted by atomic mass is 32.2. The normalized spacial score (nSPS) is 10.5. The molecule has 0 radical (unpaired) electrons. The molecule has 1 rings (SSSR count). The largest absolute Gasteiger partial charge is 0.223 e. The fraction of sp³-hybridized carbons (Fsp3) is 0.700. The third-order valence-electron chi connectivity index (χ3n) is 2.08. The molecule has 0 amide bonds. The van der Waals surface area contributed by atoms with Gasteiger partial charge in [0, 0.05) is 5.75 Å². The molecular weight excluding hydrogens is 226 g/mol. The molecule has 0 spiro atoms. The van der Waals surface area contributed by atoms with Crippen molar-refractivity contribution in [3.63, 3.8) is 0 Å². The molecule has 15 heavy (non-hydrogen) atoms. The summed E-state index contributed by atoms with van der Waals surface area (Å²) < 4.78 is 2.44. The van der Waals surface area contributed by atoms with E-state index in [0.29, 0.717) is 0 Å². The molecule has 0 atom stereocenters. The van der Waals surface area contributed by atoms with Crippen LogP contribution in [0.1, 0.15) is 39.0 Å². The molecule has 5 heteroatoms. The van der Waals surface area contributed by atoms with Crippen LogP contribution in [0.15, 0.2) is 12.7 Å². The van der Waals surface area contributed by atoms with Crippen LogP contribution in [0.5, 0.6) is 0 Å². The van der Waals surface area contributed by atoms with E-state index >= 15 is 0 Å². The predicted octanol–water partition coefficient (Wildman–Crippen LogP) is 3.11. The van der Waals surface area contributed by atoms with Gasteiger partial charge < -0.3 is 0 Å². The van der Waals surface area contributed by atoms with Crippen molar-refractivity contribution >= 4 is 28.3 Å².